The van der Waals surface area contributed by atoms with Gasteiger partial charge >= 0.3 is 0 Å². The number of thiazole rings is 1. The molecule has 4 nitrogen and oxygen atoms in total. The van der Waals surface area contributed by atoms with Crippen molar-refractivity contribution in [1.29, 1.82) is 0 Å². The highest BCUT2D eigenvalue weighted by Gasteiger charge is 2.16. The molecule has 3 N–H and O–H groups in total. The van der Waals surface area contributed by atoms with Gasteiger partial charge in [0.1, 0.15) is 0 Å². The second-order valence-corrected chi connectivity index (χ2v) is 6.60. The first kappa shape index (κ1) is 17.1. The van der Waals surface area contributed by atoms with Crippen molar-refractivity contribution in [3.63, 3.8) is 0 Å². The van der Waals surface area contributed by atoms with Crippen molar-refractivity contribution in [2.24, 2.45) is 11.7 Å². The molecule has 2 unspecified atom stereocenters. The molecular formula is C15H27N3OS. The fraction of sp³-hybridized carbons (Fsp3) is 0.733. The van der Waals surface area contributed by atoms with E-state index in [0.717, 1.165) is 34.8 Å². The molecule has 114 valence electrons. The summed E-state index contributed by atoms with van der Waals surface area (Å²) in [5.74, 6) is 0.687. The van der Waals surface area contributed by atoms with E-state index >= 15 is 0 Å². The minimum atomic E-state index is 0.0447. The second kappa shape index (κ2) is 8.37. The highest BCUT2D eigenvalue weighted by Crippen LogP contribution is 2.24. The largest absolute Gasteiger partial charge is 0.349 e. The van der Waals surface area contributed by atoms with Crippen LogP contribution < -0.4 is 11.1 Å². The Morgan fingerprint density at radius 1 is 1.40 bits per heavy atom. The van der Waals surface area contributed by atoms with Crippen LogP contribution in [0.1, 0.15) is 61.2 Å². The van der Waals surface area contributed by atoms with Crippen molar-refractivity contribution >= 4 is 17.2 Å². The van der Waals surface area contributed by atoms with Gasteiger partial charge in [-0.15, -0.1) is 11.3 Å². The Kier molecular flexibility index (Phi) is 7.16. The number of carbonyl (C=O) groups excluding carboxylic acids is 1. The number of hydrogen-bond donors (Lipinski definition) is 2. The molecular weight excluding hydrogens is 270 g/mol. The topological polar surface area (TPSA) is 68.0 Å². The van der Waals surface area contributed by atoms with Crippen LogP contribution in [-0.2, 0) is 4.79 Å². The van der Waals surface area contributed by atoms with Crippen molar-refractivity contribution in [2.45, 2.75) is 59.4 Å². The van der Waals surface area contributed by atoms with Gasteiger partial charge in [-0.2, -0.15) is 0 Å². The summed E-state index contributed by atoms with van der Waals surface area (Å²) in [5, 5.41) is 4.12. The molecule has 0 saturated heterocycles. The van der Waals surface area contributed by atoms with Crippen LogP contribution in [0.25, 0.3) is 0 Å². The van der Waals surface area contributed by atoms with E-state index in [9.17, 15) is 4.79 Å². The molecule has 0 aliphatic heterocycles. The Balaban J connectivity index is 2.44. The molecule has 0 aromatic carbocycles. The third-order valence-electron chi connectivity index (χ3n) is 3.64. The molecule has 0 spiro atoms. The van der Waals surface area contributed by atoms with E-state index in [2.05, 4.69) is 17.2 Å². The van der Waals surface area contributed by atoms with Gasteiger partial charge in [-0.3, -0.25) is 4.79 Å². The summed E-state index contributed by atoms with van der Waals surface area (Å²) in [5.41, 5.74) is 6.60. The summed E-state index contributed by atoms with van der Waals surface area (Å²) in [6.07, 6.45) is 3.60. The van der Waals surface area contributed by atoms with Crippen molar-refractivity contribution in [2.75, 3.05) is 6.54 Å². The van der Waals surface area contributed by atoms with Gasteiger partial charge in [0, 0.05) is 11.3 Å². The maximum atomic E-state index is 12.0. The van der Waals surface area contributed by atoms with Crippen molar-refractivity contribution in [3.8, 4) is 0 Å². The fourth-order valence-electron chi connectivity index (χ4n) is 2.45. The number of rotatable bonds is 8. The number of hydrogen-bond acceptors (Lipinski definition) is 4. The van der Waals surface area contributed by atoms with Crippen LogP contribution in [0.15, 0.2) is 0 Å². The molecule has 0 aliphatic rings. The molecule has 2 atom stereocenters. The van der Waals surface area contributed by atoms with Gasteiger partial charge in [-0.05, 0) is 46.1 Å². The summed E-state index contributed by atoms with van der Waals surface area (Å²) in [7, 11) is 0. The average Bonchev–Trinajstić information content (AvgIpc) is 2.73. The van der Waals surface area contributed by atoms with E-state index in [4.69, 9.17) is 5.73 Å². The van der Waals surface area contributed by atoms with Crippen LogP contribution in [0, 0.1) is 19.8 Å². The Bertz CT molecular complexity index is 431. The Labute approximate surface area is 126 Å². The summed E-state index contributed by atoms with van der Waals surface area (Å²) < 4.78 is 0. The average molecular weight is 297 g/mol. The van der Waals surface area contributed by atoms with E-state index in [1.807, 2.05) is 20.8 Å². The third kappa shape index (κ3) is 5.21. The van der Waals surface area contributed by atoms with Crippen molar-refractivity contribution < 1.29 is 4.79 Å². The number of nitrogens with two attached hydrogens (primary N) is 1. The van der Waals surface area contributed by atoms with E-state index in [-0.39, 0.29) is 11.9 Å². The lowest BCUT2D eigenvalue weighted by molar-refractivity contribution is -0.122. The minimum absolute atomic E-state index is 0.0447. The Hall–Kier alpha value is -0.940. The maximum Gasteiger partial charge on any atom is 0.220 e. The summed E-state index contributed by atoms with van der Waals surface area (Å²) in [4.78, 5) is 17.6. The number of aromatic nitrogens is 1. The van der Waals surface area contributed by atoms with Gasteiger partial charge in [0.15, 0.2) is 0 Å². The van der Waals surface area contributed by atoms with E-state index in [0.29, 0.717) is 18.9 Å². The first-order valence-corrected chi connectivity index (χ1v) is 8.22. The van der Waals surface area contributed by atoms with Crippen LogP contribution in [0.4, 0.5) is 0 Å². The molecule has 1 heterocycles. The molecule has 1 aromatic heterocycles. The normalized spacial score (nSPS) is 14.1. The Morgan fingerprint density at radius 2 is 2.10 bits per heavy atom. The van der Waals surface area contributed by atoms with Crippen LogP contribution in [0.3, 0.4) is 0 Å². The van der Waals surface area contributed by atoms with Gasteiger partial charge in [-0.1, -0.05) is 13.3 Å². The second-order valence-electron chi connectivity index (χ2n) is 5.36. The third-order valence-corrected chi connectivity index (χ3v) is 4.90. The van der Waals surface area contributed by atoms with E-state index < -0.39 is 0 Å². The fourth-order valence-corrected chi connectivity index (χ4v) is 3.38. The number of nitrogens with zero attached hydrogens (tertiary/aromatic N) is 1. The quantitative estimate of drug-likeness (QED) is 0.774. The van der Waals surface area contributed by atoms with Crippen LogP contribution in [0.5, 0.6) is 0 Å². The predicted octanol–water partition coefficient (Wildman–Crippen LogP) is 3.09. The minimum Gasteiger partial charge on any atom is -0.349 e. The molecule has 0 saturated carbocycles. The Morgan fingerprint density at radius 3 is 2.60 bits per heavy atom. The molecule has 0 aliphatic carbocycles. The highest BCUT2D eigenvalue weighted by atomic mass is 32.1. The number of amides is 1. The van der Waals surface area contributed by atoms with Gasteiger partial charge in [0.25, 0.3) is 0 Å². The molecule has 1 rings (SSSR count). The SMILES string of the molecule is CCC(CCN)CCC(=O)NC(C)c1sc(C)nc1C. The zero-order chi connectivity index (χ0) is 15.1. The maximum absolute atomic E-state index is 12.0. The van der Waals surface area contributed by atoms with Gasteiger partial charge < -0.3 is 11.1 Å². The molecule has 0 bridgehead atoms. The van der Waals surface area contributed by atoms with Crippen molar-refractivity contribution in [1.82, 2.24) is 10.3 Å². The standard InChI is InChI=1S/C15H27N3OS/c1-5-13(8-9-16)6-7-14(19)18-11(3)15-10(2)17-12(4)20-15/h11,13H,5-9,16H2,1-4H3,(H,18,19). The van der Waals surface area contributed by atoms with Gasteiger partial charge in [0.05, 0.1) is 16.7 Å². The molecule has 5 heteroatoms. The monoisotopic (exact) mass is 297 g/mol. The molecule has 1 aromatic rings. The highest BCUT2D eigenvalue weighted by molar-refractivity contribution is 7.11. The molecule has 0 fully saturated rings. The zero-order valence-corrected chi connectivity index (χ0v) is 13.8. The van der Waals surface area contributed by atoms with Crippen molar-refractivity contribution in [3.05, 3.63) is 15.6 Å². The lowest BCUT2D eigenvalue weighted by atomic mass is 9.96. The first-order valence-electron chi connectivity index (χ1n) is 7.41. The van der Waals surface area contributed by atoms with Crippen LogP contribution in [-0.4, -0.2) is 17.4 Å². The molecule has 1 amide bonds. The lowest BCUT2D eigenvalue weighted by Crippen LogP contribution is -2.27. The summed E-state index contributed by atoms with van der Waals surface area (Å²) in [6.45, 7) is 8.87. The predicted molar refractivity (Wildman–Crippen MR) is 84.8 cm³/mol. The first-order chi connectivity index (χ1) is 9.47. The number of carbonyl (C=O) groups is 1. The van der Waals surface area contributed by atoms with Gasteiger partial charge in [0.2, 0.25) is 5.91 Å². The number of nitrogens with one attached hydrogen (secondary N) is 1. The molecule has 20 heavy (non-hydrogen) atoms. The van der Waals surface area contributed by atoms with Crippen LogP contribution >= 0.6 is 11.3 Å². The van der Waals surface area contributed by atoms with Crippen LogP contribution in [0.2, 0.25) is 0 Å². The van der Waals surface area contributed by atoms with E-state index in [1.165, 1.54) is 0 Å². The van der Waals surface area contributed by atoms with Gasteiger partial charge in [-0.25, -0.2) is 4.98 Å². The summed E-state index contributed by atoms with van der Waals surface area (Å²) >= 11 is 1.66. The van der Waals surface area contributed by atoms with E-state index in [1.54, 1.807) is 11.3 Å². The number of aryl methyl sites for hydroxylation is 2. The lowest BCUT2D eigenvalue weighted by Gasteiger charge is -2.16. The zero-order valence-electron chi connectivity index (χ0n) is 13.0. The smallest absolute Gasteiger partial charge is 0.220 e. The molecule has 0 radical (unpaired) electrons. The summed E-state index contributed by atoms with van der Waals surface area (Å²) in [6, 6.07) is 0.0447.